The van der Waals surface area contributed by atoms with E-state index in [0.29, 0.717) is 11.3 Å². The fraction of sp³-hybridized carbons (Fsp3) is 0.0909. The Labute approximate surface area is 161 Å². The minimum atomic E-state index is -0.738. The van der Waals surface area contributed by atoms with Gasteiger partial charge in [-0.25, -0.2) is 8.78 Å². The summed E-state index contributed by atoms with van der Waals surface area (Å²) < 4.78 is 27.0. The van der Waals surface area contributed by atoms with Crippen molar-refractivity contribution < 1.29 is 18.4 Å². The van der Waals surface area contributed by atoms with Crippen molar-refractivity contribution in [2.45, 2.75) is 13.0 Å². The molecule has 2 N–H and O–H groups in total. The van der Waals surface area contributed by atoms with Crippen molar-refractivity contribution in [1.82, 2.24) is 5.32 Å². The highest BCUT2D eigenvalue weighted by Crippen LogP contribution is 2.21. The maximum absolute atomic E-state index is 13.9. The van der Waals surface area contributed by atoms with Gasteiger partial charge >= 0.3 is 0 Å². The largest absolute Gasteiger partial charge is 0.345 e. The standard InChI is InChI=1S/C22H18F2N2O2/c1-14(17-12-11-16(23)13-19(17)24)25-22(28)18-9-5-6-10-20(18)26-21(27)15-7-3-2-4-8-15/h2-14H,1H3,(H,25,28)(H,26,27). The Morgan fingerprint density at radius 1 is 0.857 bits per heavy atom. The molecule has 142 valence electrons. The summed E-state index contributed by atoms with van der Waals surface area (Å²) in [5.74, 6) is -2.26. The van der Waals surface area contributed by atoms with Crippen molar-refractivity contribution in [2.75, 3.05) is 5.32 Å². The van der Waals surface area contributed by atoms with E-state index in [1.807, 2.05) is 0 Å². The lowest BCUT2D eigenvalue weighted by Gasteiger charge is -2.17. The third-order valence-electron chi connectivity index (χ3n) is 4.23. The summed E-state index contributed by atoms with van der Waals surface area (Å²) in [7, 11) is 0. The Hall–Kier alpha value is -3.54. The summed E-state index contributed by atoms with van der Waals surface area (Å²) in [5.41, 5.74) is 1.20. The normalized spacial score (nSPS) is 11.5. The van der Waals surface area contributed by atoms with E-state index in [-0.39, 0.29) is 17.0 Å². The second-order valence-electron chi connectivity index (χ2n) is 6.23. The molecule has 0 spiro atoms. The zero-order valence-electron chi connectivity index (χ0n) is 15.1. The van der Waals surface area contributed by atoms with Gasteiger partial charge in [0, 0.05) is 17.2 Å². The van der Waals surface area contributed by atoms with Crippen LogP contribution in [0.4, 0.5) is 14.5 Å². The van der Waals surface area contributed by atoms with Crippen LogP contribution in [0.15, 0.2) is 72.8 Å². The number of nitrogens with one attached hydrogen (secondary N) is 2. The zero-order valence-corrected chi connectivity index (χ0v) is 15.1. The molecule has 0 aliphatic carbocycles. The number of hydrogen-bond donors (Lipinski definition) is 2. The summed E-state index contributed by atoms with van der Waals surface area (Å²) in [6.45, 7) is 1.60. The van der Waals surface area contributed by atoms with Crippen molar-refractivity contribution >= 4 is 17.5 Å². The van der Waals surface area contributed by atoms with Gasteiger partial charge in [-0.1, -0.05) is 36.4 Å². The van der Waals surface area contributed by atoms with Crippen molar-refractivity contribution in [1.29, 1.82) is 0 Å². The number of rotatable bonds is 5. The van der Waals surface area contributed by atoms with Crippen LogP contribution in [0.25, 0.3) is 0 Å². The first-order valence-corrected chi connectivity index (χ1v) is 8.67. The summed E-state index contributed by atoms with van der Waals surface area (Å²) in [6.07, 6.45) is 0. The molecule has 0 saturated heterocycles. The van der Waals surface area contributed by atoms with E-state index in [9.17, 15) is 18.4 Å². The Balaban J connectivity index is 1.78. The lowest BCUT2D eigenvalue weighted by atomic mass is 10.1. The molecule has 0 bridgehead atoms. The molecule has 1 unspecified atom stereocenters. The van der Waals surface area contributed by atoms with Gasteiger partial charge in [-0.3, -0.25) is 9.59 Å². The van der Waals surface area contributed by atoms with Gasteiger partial charge in [0.05, 0.1) is 17.3 Å². The molecule has 0 aliphatic rings. The fourth-order valence-electron chi connectivity index (χ4n) is 2.78. The molecule has 3 aromatic carbocycles. The van der Waals surface area contributed by atoms with Crippen LogP contribution in [0.5, 0.6) is 0 Å². The third-order valence-corrected chi connectivity index (χ3v) is 4.23. The Morgan fingerprint density at radius 2 is 1.54 bits per heavy atom. The molecule has 0 aliphatic heterocycles. The minimum absolute atomic E-state index is 0.167. The van der Waals surface area contributed by atoms with Crippen LogP contribution in [0.2, 0.25) is 0 Å². The molecular formula is C22H18F2N2O2. The maximum Gasteiger partial charge on any atom is 0.255 e. The van der Waals surface area contributed by atoms with Crippen LogP contribution in [-0.2, 0) is 0 Å². The van der Waals surface area contributed by atoms with Gasteiger partial charge in [-0.2, -0.15) is 0 Å². The van der Waals surface area contributed by atoms with Crippen molar-refractivity contribution in [3.63, 3.8) is 0 Å². The van der Waals surface area contributed by atoms with Crippen molar-refractivity contribution in [3.8, 4) is 0 Å². The topological polar surface area (TPSA) is 58.2 Å². The molecule has 0 saturated carbocycles. The van der Waals surface area contributed by atoms with Gasteiger partial charge in [0.25, 0.3) is 11.8 Å². The van der Waals surface area contributed by atoms with E-state index in [4.69, 9.17) is 0 Å². The molecule has 0 heterocycles. The number of carbonyl (C=O) groups is 2. The van der Waals surface area contributed by atoms with Crippen LogP contribution in [0, 0.1) is 11.6 Å². The third kappa shape index (κ3) is 4.40. The molecule has 6 heteroatoms. The monoisotopic (exact) mass is 380 g/mol. The number of para-hydroxylation sites is 1. The fourth-order valence-corrected chi connectivity index (χ4v) is 2.78. The van der Waals surface area contributed by atoms with Crippen LogP contribution < -0.4 is 10.6 Å². The number of anilines is 1. The molecular weight excluding hydrogens is 362 g/mol. The van der Waals surface area contributed by atoms with E-state index in [0.717, 1.165) is 12.1 Å². The average Bonchev–Trinajstić information content (AvgIpc) is 2.68. The van der Waals surface area contributed by atoms with Gasteiger partial charge < -0.3 is 10.6 Å². The Morgan fingerprint density at radius 3 is 2.25 bits per heavy atom. The predicted octanol–water partition coefficient (Wildman–Crippen LogP) is 4.71. The van der Waals surface area contributed by atoms with E-state index in [2.05, 4.69) is 10.6 Å². The first-order chi connectivity index (χ1) is 13.5. The van der Waals surface area contributed by atoms with E-state index in [1.165, 1.54) is 6.07 Å². The molecule has 28 heavy (non-hydrogen) atoms. The number of amides is 2. The lowest BCUT2D eigenvalue weighted by molar-refractivity contribution is 0.0940. The number of carbonyl (C=O) groups excluding carboxylic acids is 2. The minimum Gasteiger partial charge on any atom is -0.345 e. The predicted molar refractivity (Wildman–Crippen MR) is 103 cm³/mol. The number of halogens is 2. The maximum atomic E-state index is 13.9. The summed E-state index contributed by atoms with van der Waals surface area (Å²) in [4.78, 5) is 25.1. The van der Waals surface area contributed by atoms with Gasteiger partial charge in [-0.05, 0) is 37.3 Å². The number of benzene rings is 3. The molecule has 0 radical (unpaired) electrons. The van der Waals surface area contributed by atoms with Crippen LogP contribution >= 0.6 is 0 Å². The van der Waals surface area contributed by atoms with E-state index < -0.39 is 23.6 Å². The number of hydrogen-bond acceptors (Lipinski definition) is 2. The van der Waals surface area contributed by atoms with E-state index in [1.54, 1.807) is 61.5 Å². The molecule has 0 aromatic heterocycles. The lowest BCUT2D eigenvalue weighted by Crippen LogP contribution is -2.28. The van der Waals surface area contributed by atoms with Crippen LogP contribution in [-0.4, -0.2) is 11.8 Å². The van der Waals surface area contributed by atoms with Gasteiger partial charge in [-0.15, -0.1) is 0 Å². The molecule has 3 aromatic rings. The van der Waals surface area contributed by atoms with Crippen LogP contribution in [0.1, 0.15) is 39.2 Å². The Bertz CT molecular complexity index is 1010. The second kappa shape index (κ2) is 8.43. The quantitative estimate of drug-likeness (QED) is 0.674. The highest BCUT2D eigenvalue weighted by molar-refractivity contribution is 6.09. The molecule has 1 atom stereocenters. The molecule has 0 fully saturated rings. The summed E-state index contributed by atoms with van der Waals surface area (Å²) in [6, 6.07) is 17.6. The first kappa shape index (κ1) is 19.2. The van der Waals surface area contributed by atoms with Crippen LogP contribution in [0.3, 0.4) is 0 Å². The highest BCUT2D eigenvalue weighted by atomic mass is 19.1. The molecule has 2 amide bonds. The first-order valence-electron chi connectivity index (χ1n) is 8.67. The van der Waals surface area contributed by atoms with Gasteiger partial charge in [0.15, 0.2) is 0 Å². The van der Waals surface area contributed by atoms with Gasteiger partial charge in [0.2, 0.25) is 0 Å². The Kier molecular flexibility index (Phi) is 5.79. The van der Waals surface area contributed by atoms with Crippen molar-refractivity contribution in [2.24, 2.45) is 0 Å². The highest BCUT2D eigenvalue weighted by Gasteiger charge is 2.18. The second-order valence-corrected chi connectivity index (χ2v) is 6.23. The van der Waals surface area contributed by atoms with E-state index >= 15 is 0 Å². The summed E-state index contributed by atoms with van der Waals surface area (Å²) >= 11 is 0. The van der Waals surface area contributed by atoms with Crippen molar-refractivity contribution in [3.05, 3.63) is 101 Å². The summed E-state index contributed by atoms with van der Waals surface area (Å²) in [5, 5.41) is 5.39. The molecule has 4 nitrogen and oxygen atoms in total. The average molecular weight is 380 g/mol. The zero-order chi connectivity index (χ0) is 20.1. The smallest absolute Gasteiger partial charge is 0.255 e. The molecule has 3 rings (SSSR count). The van der Waals surface area contributed by atoms with Gasteiger partial charge in [0.1, 0.15) is 11.6 Å². The SMILES string of the molecule is CC(NC(=O)c1ccccc1NC(=O)c1ccccc1)c1ccc(F)cc1F.